The van der Waals surface area contributed by atoms with Gasteiger partial charge in [0, 0.05) is 47.8 Å². The van der Waals surface area contributed by atoms with Crippen molar-refractivity contribution < 1.29 is 9.59 Å². The van der Waals surface area contributed by atoms with Crippen LogP contribution in [0.2, 0.25) is 0 Å². The van der Waals surface area contributed by atoms with Crippen molar-refractivity contribution in [3.8, 4) is 11.3 Å². The van der Waals surface area contributed by atoms with Gasteiger partial charge in [-0.2, -0.15) is 0 Å². The third-order valence-corrected chi connectivity index (χ3v) is 9.21. The topological polar surface area (TPSA) is 91.3 Å². The number of benzene rings is 2. The Hall–Kier alpha value is -4.02. The second-order valence-corrected chi connectivity index (χ2v) is 13.0. The standard InChI is InChI=1S/C34H38N6O2S2/c1-23-19-24(2)36-34(35-23)44-22-31(41)40(20-30-38-29(21-43-30)25-11-7-5-8-12-25)32(26-13-9-6-10-14-26)33(42)37-27-15-17-28(18-16-27)39(3)4/h5-9,11-12,15-19,21,26,32H,10,13-14,20,22H2,1-4H3,(H,37,42)/t26-,32-/m0/s1. The normalized spacial score (nSPS) is 15.0. The van der Waals surface area contributed by atoms with E-state index in [1.165, 1.54) is 23.1 Å². The Balaban J connectivity index is 1.45. The lowest BCUT2D eigenvalue weighted by Gasteiger charge is -2.36. The molecular weight excluding hydrogens is 589 g/mol. The van der Waals surface area contributed by atoms with E-state index in [0.29, 0.717) is 10.8 Å². The smallest absolute Gasteiger partial charge is 0.247 e. The number of aromatic nitrogens is 3. The molecule has 4 aromatic rings. The maximum absolute atomic E-state index is 14.2. The van der Waals surface area contributed by atoms with Gasteiger partial charge in [-0.15, -0.1) is 11.3 Å². The minimum Gasteiger partial charge on any atom is -0.378 e. The second kappa shape index (κ2) is 14.6. The first-order valence-corrected chi connectivity index (χ1v) is 16.6. The highest BCUT2D eigenvalue weighted by molar-refractivity contribution is 7.99. The molecule has 228 valence electrons. The number of hydrogen-bond donors (Lipinski definition) is 1. The summed E-state index contributed by atoms with van der Waals surface area (Å²) in [6.07, 6.45) is 6.69. The van der Waals surface area contributed by atoms with E-state index in [4.69, 9.17) is 4.98 Å². The quantitative estimate of drug-likeness (QED) is 0.112. The van der Waals surface area contributed by atoms with Crippen molar-refractivity contribution in [1.29, 1.82) is 0 Å². The summed E-state index contributed by atoms with van der Waals surface area (Å²) in [5.41, 5.74) is 5.32. The summed E-state index contributed by atoms with van der Waals surface area (Å²) in [5.74, 6) is -0.249. The van der Waals surface area contributed by atoms with E-state index in [-0.39, 0.29) is 30.0 Å². The number of nitrogens with one attached hydrogen (secondary N) is 1. The summed E-state index contributed by atoms with van der Waals surface area (Å²) in [6, 6.07) is 19.0. The van der Waals surface area contributed by atoms with Crippen molar-refractivity contribution in [2.24, 2.45) is 5.92 Å². The van der Waals surface area contributed by atoms with Crippen LogP contribution in [0.1, 0.15) is 35.7 Å². The third kappa shape index (κ3) is 8.12. The number of aryl methyl sites for hydroxylation is 2. The fourth-order valence-corrected chi connectivity index (χ4v) is 6.99. The molecule has 0 saturated carbocycles. The molecule has 0 radical (unpaired) electrons. The zero-order chi connectivity index (χ0) is 31.1. The van der Waals surface area contributed by atoms with Crippen molar-refractivity contribution in [2.45, 2.75) is 50.9 Å². The van der Waals surface area contributed by atoms with Crippen LogP contribution in [-0.2, 0) is 16.1 Å². The van der Waals surface area contributed by atoms with Gasteiger partial charge in [-0.3, -0.25) is 9.59 Å². The van der Waals surface area contributed by atoms with Crippen molar-refractivity contribution in [1.82, 2.24) is 19.9 Å². The van der Waals surface area contributed by atoms with Crippen LogP contribution in [0.15, 0.2) is 83.4 Å². The van der Waals surface area contributed by atoms with Crippen molar-refractivity contribution in [3.63, 3.8) is 0 Å². The Morgan fingerprint density at radius 2 is 1.73 bits per heavy atom. The Labute approximate surface area is 267 Å². The third-order valence-electron chi connectivity index (χ3n) is 7.55. The van der Waals surface area contributed by atoms with Crippen molar-refractivity contribution in [2.75, 3.05) is 30.1 Å². The summed E-state index contributed by atoms with van der Waals surface area (Å²) in [6.45, 7) is 4.08. The first kappa shape index (κ1) is 31.4. The largest absolute Gasteiger partial charge is 0.378 e. The maximum atomic E-state index is 14.2. The molecule has 2 aromatic heterocycles. The molecule has 0 unspecified atom stereocenters. The number of thioether (sulfide) groups is 1. The molecule has 2 aromatic carbocycles. The van der Waals surface area contributed by atoms with Crippen LogP contribution in [0.5, 0.6) is 0 Å². The Kier molecular flexibility index (Phi) is 10.4. The molecule has 1 aliphatic carbocycles. The summed E-state index contributed by atoms with van der Waals surface area (Å²) >= 11 is 2.81. The summed E-state index contributed by atoms with van der Waals surface area (Å²) in [4.78, 5) is 46.0. The van der Waals surface area contributed by atoms with Crippen LogP contribution >= 0.6 is 23.1 Å². The van der Waals surface area contributed by atoms with Gasteiger partial charge >= 0.3 is 0 Å². The molecule has 0 bridgehead atoms. The average molecular weight is 627 g/mol. The van der Waals surface area contributed by atoms with Crippen molar-refractivity contribution >= 4 is 46.3 Å². The fourth-order valence-electron chi connectivity index (χ4n) is 5.35. The number of carbonyl (C=O) groups is 2. The monoisotopic (exact) mass is 626 g/mol. The van der Waals surface area contributed by atoms with Gasteiger partial charge in [0.05, 0.1) is 18.0 Å². The van der Waals surface area contributed by atoms with Crippen LogP contribution in [0.3, 0.4) is 0 Å². The van der Waals surface area contributed by atoms with Crippen molar-refractivity contribution in [3.05, 3.63) is 94.6 Å². The van der Waals surface area contributed by atoms with Crippen LogP contribution in [0.4, 0.5) is 11.4 Å². The number of hydrogen-bond acceptors (Lipinski definition) is 8. The van der Waals surface area contributed by atoms with E-state index in [2.05, 4.69) is 27.4 Å². The van der Waals surface area contributed by atoms with Crippen LogP contribution in [-0.4, -0.2) is 57.6 Å². The minimum atomic E-state index is -0.675. The van der Waals surface area contributed by atoms with Gasteiger partial charge in [0.25, 0.3) is 0 Å². The minimum absolute atomic E-state index is 0.0268. The molecular formula is C34H38N6O2S2. The summed E-state index contributed by atoms with van der Waals surface area (Å²) in [5, 5.41) is 6.47. The molecule has 1 N–H and O–H groups in total. The fraction of sp³-hybridized carbons (Fsp3) is 0.324. The lowest BCUT2D eigenvalue weighted by Crippen LogP contribution is -2.51. The van der Waals surface area contributed by atoms with Crippen LogP contribution < -0.4 is 10.2 Å². The molecule has 1 aliphatic rings. The molecule has 2 heterocycles. The van der Waals surface area contributed by atoms with Crippen LogP contribution in [0, 0.1) is 19.8 Å². The molecule has 8 nitrogen and oxygen atoms in total. The molecule has 0 spiro atoms. The zero-order valence-corrected chi connectivity index (χ0v) is 27.2. The average Bonchev–Trinajstić information content (AvgIpc) is 3.49. The van der Waals surface area contributed by atoms with Gasteiger partial charge < -0.3 is 15.1 Å². The molecule has 44 heavy (non-hydrogen) atoms. The number of allylic oxidation sites excluding steroid dienone is 2. The van der Waals surface area contributed by atoms with E-state index in [0.717, 1.165) is 52.6 Å². The second-order valence-electron chi connectivity index (χ2n) is 11.2. The van der Waals surface area contributed by atoms with Gasteiger partial charge in [0.1, 0.15) is 11.0 Å². The lowest BCUT2D eigenvalue weighted by molar-refractivity contribution is -0.139. The summed E-state index contributed by atoms with van der Waals surface area (Å²) in [7, 11) is 3.96. The zero-order valence-electron chi connectivity index (χ0n) is 25.6. The maximum Gasteiger partial charge on any atom is 0.247 e. The number of anilines is 2. The first-order chi connectivity index (χ1) is 21.3. The molecule has 10 heteroatoms. The van der Waals surface area contributed by atoms with Crippen LogP contribution in [0.25, 0.3) is 11.3 Å². The highest BCUT2D eigenvalue weighted by Crippen LogP contribution is 2.30. The summed E-state index contributed by atoms with van der Waals surface area (Å²) < 4.78 is 0. The molecule has 0 aliphatic heterocycles. The molecule has 0 fully saturated rings. The molecule has 5 rings (SSSR count). The highest BCUT2D eigenvalue weighted by atomic mass is 32.2. The van der Waals surface area contributed by atoms with E-state index in [1.54, 1.807) is 4.90 Å². The van der Waals surface area contributed by atoms with Gasteiger partial charge in [0.15, 0.2) is 5.16 Å². The first-order valence-electron chi connectivity index (χ1n) is 14.7. The Morgan fingerprint density at radius 1 is 1.00 bits per heavy atom. The number of amides is 2. The number of carbonyl (C=O) groups excluding carboxylic acids is 2. The molecule has 2 amide bonds. The van der Waals surface area contributed by atoms with Gasteiger partial charge in [-0.1, -0.05) is 54.2 Å². The van der Waals surface area contributed by atoms with Gasteiger partial charge in [-0.25, -0.2) is 15.0 Å². The SMILES string of the molecule is Cc1cc(C)nc(SCC(=O)N(Cc2nc(-c3ccccc3)cs2)[C@H](C(=O)Nc2ccc(N(C)C)cc2)[C@H]2CC=CCC2)n1. The predicted octanol–water partition coefficient (Wildman–Crippen LogP) is 6.77. The Bertz CT molecular complexity index is 1580. The number of thiazole rings is 1. The molecule has 2 atom stereocenters. The van der Waals surface area contributed by atoms with E-state index in [9.17, 15) is 9.59 Å². The van der Waals surface area contributed by atoms with E-state index >= 15 is 0 Å². The predicted molar refractivity (Wildman–Crippen MR) is 180 cm³/mol. The number of nitrogens with zero attached hydrogens (tertiary/aromatic N) is 5. The van der Waals surface area contributed by atoms with Gasteiger partial charge in [-0.05, 0) is 69.4 Å². The number of rotatable bonds is 11. The van der Waals surface area contributed by atoms with E-state index < -0.39 is 6.04 Å². The van der Waals surface area contributed by atoms with Gasteiger partial charge in [0.2, 0.25) is 11.8 Å². The molecule has 0 saturated heterocycles. The Morgan fingerprint density at radius 3 is 2.39 bits per heavy atom. The highest BCUT2D eigenvalue weighted by Gasteiger charge is 2.37. The lowest BCUT2D eigenvalue weighted by atomic mass is 9.86. The van der Waals surface area contributed by atoms with E-state index in [1.807, 2.05) is 98.9 Å².